The fraction of sp³-hybridized carbons (Fsp3) is 0.333. The maximum absolute atomic E-state index is 11.8. The lowest BCUT2D eigenvalue weighted by Crippen LogP contribution is -2.31. The summed E-state index contributed by atoms with van der Waals surface area (Å²) in [6.45, 7) is 10.1. The summed E-state index contributed by atoms with van der Waals surface area (Å²) in [6.07, 6.45) is 1.54. The van der Waals surface area contributed by atoms with Crippen molar-refractivity contribution in [3.8, 4) is 0 Å². The molecule has 1 aromatic rings. The molecule has 1 aromatic carbocycles. The summed E-state index contributed by atoms with van der Waals surface area (Å²) in [5.74, 6) is -1.12. The highest BCUT2D eigenvalue weighted by Gasteiger charge is 2.17. The highest BCUT2D eigenvalue weighted by molar-refractivity contribution is 6.42. The Morgan fingerprint density at radius 1 is 1.22 bits per heavy atom. The molecule has 0 atom stereocenters. The van der Waals surface area contributed by atoms with Crippen molar-refractivity contribution in [2.45, 2.75) is 26.2 Å². The van der Waals surface area contributed by atoms with E-state index in [1.807, 2.05) is 12.1 Å². The lowest BCUT2D eigenvalue weighted by Gasteiger charge is -2.18. The van der Waals surface area contributed by atoms with Crippen molar-refractivity contribution in [3.05, 3.63) is 48.0 Å². The molecule has 0 bridgehead atoms. The Labute approximate surface area is 108 Å². The third-order valence-corrected chi connectivity index (χ3v) is 2.63. The average molecular weight is 245 g/mol. The van der Waals surface area contributed by atoms with Crippen molar-refractivity contribution >= 4 is 11.7 Å². The van der Waals surface area contributed by atoms with Gasteiger partial charge in [0.15, 0.2) is 0 Å². The number of Topliss-reactive ketones (excluding diaryl/α,β-unsaturated/α-hetero) is 1. The van der Waals surface area contributed by atoms with Crippen molar-refractivity contribution in [3.63, 3.8) is 0 Å². The summed E-state index contributed by atoms with van der Waals surface area (Å²) < 4.78 is 0. The zero-order chi connectivity index (χ0) is 13.8. The molecule has 0 heterocycles. The van der Waals surface area contributed by atoms with E-state index in [1.54, 1.807) is 12.1 Å². The van der Waals surface area contributed by atoms with Gasteiger partial charge in [-0.25, -0.2) is 0 Å². The third-order valence-electron chi connectivity index (χ3n) is 2.63. The monoisotopic (exact) mass is 245 g/mol. The number of amides is 1. The first-order valence-corrected chi connectivity index (χ1v) is 5.90. The van der Waals surface area contributed by atoms with Gasteiger partial charge in [-0.1, -0.05) is 51.1 Å². The Bertz CT molecular complexity index is 452. The van der Waals surface area contributed by atoms with Crippen LogP contribution in [-0.4, -0.2) is 18.2 Å². The van der Waals surface area contributed by atoms with E-state index < -0.39 is 11.7 Å². The molecule has 1 N–H and O–H groups in total. The van der Waals surface area contributed by atoms with Gasteiger partial charge in [0.25, 0.3) is 5.91 Å². The lowest BCUT2D eigenvalue weighted by molar-refractivity contribution is -0.116. The minimum Gasteiger partial charge on any atom is -0.346 e. The van der Waals surface area contributed by atoms with Gasteiger partial charge in [-0.05, 0) is 11.0 Å². The van der Waals surface area contributed by atoms with Crippen molar-refractivity contribution in [1.82, 2.24) is 5.32 Å². The molecular weight excluding hydrogens is 226 g/mol. The summed E-state index contributed by atoms with van der Waals surface area (Å²) in [5, 5.41) is 2.47. The standard InChI is InChI=1S/C15H19NO2/c1-5-10-16-14(18)13(17)11-6-8-12(9-7-11)15(2,3)4/h5-9H,1,10H2,2-4H3,(H,16,18). The number of carbonyl (C=O) groups excluding carboxylic acids is 2. The highest BCUT2D eigenvalue weighted by Crippen LogP contribution is 2.22. The first-order chi connectivity index (χ1) is 8.36. The first-order valence-electron chi connectivity index (χ1n) is 5.90. The molecule has 0 saturated heterocycles. The Kier molecular flexibility index (Phi) is 4.43. The Morgan fingerprint density at radius 2 is 1.78 bits per heavy atom. The zero-order valence-corrected chi connectivity index (χ0v) is 11.1. The van der Waals surface area contributed by atoms with Crippen molar-refractivity contribution in [2.24, 2.45) is 0 Å². The fourth-order valence-corrected chi connectivity index (χ4v) is 1.50. The molecule has 0 spiro atoms. The molecule has 0 radical (unpaired) electrons. The van der Waals surface area contributed by atoms with Crippen LogP contribution in [0.3, 0.4) is 0 Å². The normalized spacial score (nSPS) is 10.8. The fourth-order valence-electron chi connectivity index (χ4n) is 1.50. The van der Waals surface area contributed by atoms with E-state index in [-0.39, 0.29) is 5.41 Å². The van der Waals surface area contributed by atoms with E-state index in [4.69, 9.17) is 0 Å². The molecule has 0 aromatic heterocycles. The molecular formula is C15H19NO2. The molecule has 0 unspecified atom stereocenters. The van der Waals surface area contributed by atoms with Crippen LogP contribution in [-0.2, 0) is 10.2 Å². The molecule has 1 amide bonds. The summed E-state index contributed by atoms with van der Waals surface area (Å²) in [6, 6.07) is 7.15. The largest absolute Gasteiger partial charge is 0.346 e. The van der Waals surface area contributed by atoms with Crippen LogP contribution in [0.25, 0.3) is 0 Å². The van der Waals surface area contributed by atoms with Crippen molar-refractivity contribution in [2.75, 3.05) is 6.54 Å². The summed E-state index contributed by atoms with van der Waals surface area (Å²) in [4.78, 5) is 23.2. The van der Waals surface area contributed by atoms with Crippen molar-refractivity contribution < 1.29 is 9.59 Å². The van der Waals surface area contributed by atoms with Gasteiger partial charge in [0, 0.05) is 12.1 Å². The van der Waals surface area contributed by atoms with E-state index in [0.717, 1.165) is 5.56 Å². The van der Waals surface area contributed by atoms with Crippen LogP contribution >= 0.6 is 0 Å². The maximum atomic E-state index is 11.8. The van der Waals surface area contributed by atoms with Gasteiger partial charge in [0.1, 0.15) is 0 Å². The van der Waals surface area contributed by atoms with Gasteiger partial charge >= 0.3 is 0 Å². The quantitative estimate of drug-likeness (QED) is 0.503. The highest BCUT2D eigenvalue weighted by atomic mass is 16.2. The Morgan fingerprint density at radius 3 is 2.22 bits per heavy atom. The average Bonchev–Trinajstić information content (AvgIpc) is 2.34. The molecule has 0 aliphatic rings. The van der Waals surface area contributed by atoms with Gasteiger partial charge in [-0.2, -0.15) is 0 Å². The molecule has 96 valence electrons. The second kappa shape index (κ2) is 5.63. The van der Waals surface area contributed by atoms with Crippen molar-refractivity contribution in [1.29, 1.82) is 0 Å². The molecule has 3 nitrogen and oxygen atoms in total. The van der Waals surface area contributed by atoms with Gasteiger partial charge < -0.3 is 5.32 Å². The molecule has 0 aliphatic carbocycles. The van der Waals surface area contributed by atoms with Gasteiger partial charge in [0.2, 0.25) is 5.78 Å². The molecule has 1 rings (SSSR count). The Hall–Kier alpha value is -1.90. The number of hydrogen-bond acceptors (Lipinski definition) is 2. The number of benzene rings is 1. The van der Waals surface area contributed by atoms with Gasteiger partial charge in [-0.3, -0.25) is 9.59 Å². The minimum absolute atomic E-state index is 0.0344. The molecule has 0 fully saturated rings. The topological polar surface area (TPSA) is 46.2 Å². The predicted octanol–water partition coefficient (Wildman–Crippen LogP) is 2.47. The molecule has 0 aliphatic heterocycles. The van der Waals surface area contributed by atoms with Crippen LogP contribution in [0.5, 0.6) is 0 Å². The number of ketones is 1. The summed E-state index contributed by atoms with van der Waals surface area (Å²) in [7, 11) is 0. The van der Waals surface area contributed by atoms with Crippen LogP contribution in [0.1, 0.15) is 36.7 Å². The Balaban J connectivity index is 2.82. The third kappa shape index (κ3) is 3.55. The van der Waals surface area contributed by atoms with E-state index >= 15 is 0 Å². The molecule has 3 heteroatoms. The van der Waals surface area contributed by atoms with E-state index in [1.165, 1.54) is 6.08 Å². The maximum Gasteiger partial charge on any atom is 0.292 e. The van der Waals surface area contributed by atoms with Crippen LogP contribution < -0.4 is 5.32 Å². The van der Waals surface area contributed by atoms with E-state index in [9.17, 15) is 9.59 Å². The smallest absolute Gasteiger partial charge is 0.292 e. The lowest BCUT2D eigenvalue weighted by atomic mass is 9.86. The van der Waals surface area contributed by atoms with Crippen LogP contribution in [0.2, 0.25) is 0 Å². The van der Waals surface area contributed by atoms with Crippen LogP contribution in [0.15, 0.2) is 36.9 Å². The zero-order valence-electron chi connectivity index (χ0n) is 11.1. The predicted molar refractivity (Wildman–Crippen MR) is 72.7 cm³/mol. The van der Waals surface area contributed by atoms with Crippen LogP contribution in [0, 0.1) is 0 Å². The summed E-state index contributed by atoms with van der Waals surface area (Å²) in [5.41, 5.74) is 1.57. The minimum atomic E-state index is -0.599. The second-order valence-corrected chi connectivity index (χ2v) is 5.16. The van der Waals surface area contributed by atoms with Crippen LogP contribution in [0.4, 0.5) is 0 Å². The molecule has 18 heavy (non-hydrogen) atoms. The SMILES string of the molecule is C=CCNC(=O)C(=O)c1ccc(C(C)(C)C)cc1. The number of rotatable bonds is 4. The number of carbonyl (C=O) groups is 2. The van der Waals surface area contributed by atoms with Gasteiger partial charge in [-0.15, -0.1) is 6.58 Å². The molecule has 0 saturated carbocycles. The van der Waals surface area contributed by atoms with Gasteiger partial charge in [0.05, 0.1) is 0 Å². The number of nitrogens with one attached hydrogen (secondary N) is 1. The van der Waals surface area contributed by atoms with E-state index in [0.29, 0.717) is 12.1 Å². The van der Waals surface area contributed by atoms with E-state index in [2.05, 4.69) is 32.7 Å². The second-order valence-electron chi connectivity index (χ2n) is 5.16. The number of hydrogen-bond donors (Lipinski definition) is 1. The first kappa shape index (κ1) is 14.2. The summed E-state index contributed by atoms with van der Waals surface area (Å²) >= 11 is 0.